The summed E-state index contributed by atoms with van der Waals surface area (Å²) in [5, 5.41) is 10.6. The highest BCUT2D eigenvalue weighted by Crippen LogP contribution is 2.38. The second kappa shape index (κ2) is 15.8. The van der Waals surface area contributed by atoms with E-state index in [9.17, 15) is 19.1 Å². The van der Waals surface area contributed by atoms with E-state index in [1.54, 1.807) is 20.1 Å². The lowest BCUT2D eigenvalue weighted by Gasteiger charge is -2.28. The molecule has 4 rings (SSSR count). The summed E-state index contributed by atoms with van der Waals surface area (Å²) in [6, 6.07) is 0. The molecule has 4 atom stereocenters. The number of nitrogen functional groups attached to an aromatic ring is 1. The molecule has 3 N–H and O–H groups in total. The van der Waals surface area contributed by atoms with Crippen LogP contribution in [-0.2, 0) is 30.2 Å². The molecule has 242 valence electrons. The summed E-state index contributed by atoms with van der Waals surface area (Å²) in [6.45, 7) is 2.89. The number of halogens is 1. The van der Waals surface area contributed by atoms with Crippen molar-refractivity contribution in [1.29, 1.82) is 0 Å². The van der Waals surface area contributed by atoms with Gasteiger partial charge in [-0.2, -0.15) is 9.37 Å². The number of anilines is 1. The molecule has 0 radical (unpaired) electrons. The van der Waals surface area contributed by atoms with E-state index >= 15 is 0 Å². The Labute approximate surface area is 259 Å². The quantitative estimate of drug-likeness (QED) is 0.263. The van der Waals surface area contributed by atoms with Gasteiger partial charge in [-0.25, -0.2) is 4.98 Å². The molecular weight excluding hydrogens is 567 g/mol. The Balaban J connectivity index is 1.50. The van der Waals surface area contributed by atoms with Crippen molar-refractivity contribution in [2.75, 3.05) is 12.3 Å². The van der Waals surface area contributed by atoms with Crippen molar-refractivity contribution in [3.8, 4) is 11.8 Å². The highest BCUT2D eigenvalue weighted by Gasteiger charge is 2.50. The number of hydrogen-bond acceptors (Lipinski definition) is 10. The molecule has 44 heavy (non-hydrogen) atoms. The number of hydrogen-bond donors (Lipinski definition) is 2. The number of nitrogens with two attached hydrogens (primary N) is 1. The second-order valence-electron chi connectivity index (χ2n) is 12.8. The SMILES string of the molecule is CC1(C)C#C[C@]2(CO)O[C@@H](CC3C=Nc4c(N)nc(F)nc4CC3)C[C@@H]2OC(=O)CCCCCCCCCCCCC(=O)O1. The van der Waals surface area contributed by atoms with Crippen LogP contribution >= 0.6 is 0 Å². The molecule has 3 aliphatic rings. The van der Waals surface area contributed by atoms with Gasteiger partial charge in [0.2, 0.25) is 0 Å². The van der Waals surface area contributed by atoms with E-state index in [1.807, 2.05) is 0 Å². The van der Waals surface area contributed by atoms with E-state index in [4.69, 9.17) is 19.9 Å². The van der Waals surface area contributed by atoms with Gasteiger partial charge in [0, 0.05) is 25.5 Å². The summed E-state index contributed by atoms with van der Waals surface area (Å²) in [4.78, 5) is 37.4. The fraction of sp³-hybridized carbons (Fsp3) is 0.727. The van der Waals surface area contributed by atoms with E-state index in [0.29, 0.717) is 43.5 Å². The number of carbonyl (C=O) groups is 2. The number of cyclic esters (lactones) is 1. The van der Waals surface area contributed by atoms with Crippen LogP contribution in [0, 0.1) is 23.8 Å². The Hall–Kier alpha value is -3.10. The molecule has 0 amide bonds. The van der Waals surface area contributed by atoms with Gasteiger partial charge < -0.3 is 25.1 Å². The maximum Gasteiger partial charge on any atom is 0.310 e. The van der Waals surface area contributed by atoms with Crippen molar-refractivity contribution in [2.45, 2.75) is 140 Å². The maximum atomic E-state index is 13.7. The summed E-state index contributed by atoms with van der Waals surface area (Å²) in [5.74, 6) is 5.28. The summed E-state index contributed by atoms with van der Waals surface area (Å²) in [5.41, 5.74) is 4.09. The van der Waals surface area contributed by atoms with Crippen molar-refractivity contribution in [1.82, 2.24) is 9.97 Å². The van der Waals surface area contributed by atoms with Gasteiger partial charge in [-0.15, -0.1) is 0 Å². The van der Waals surface area contributed by atoms with Gasteiger partial charge in [-0.3, -0.25) is 14.6 Å². The normalized spacial score (nSPS) is 29.0. The van der Waals surface area contributed by atoms with Crippen molar-refractivity contribution in [3.63, 3.8) is 0 Å². The van der Waals surface area contributed by atoms with Crippen molar-refractivity contribution in [3.05, 3.63) is 11.8 Å². The third-order valence-corrected chi connectivity index (χ3v) is 8.53. The van der Waals surface area contributed by atoms with E-state index in [0.717, 1.165) is 51.4 Å². The summed E-state index contributed by atoms with van der Waals surface area (Å²) < 4.78 is 31.8. The molecule has 1 fully saturated rings. The maximum absolute atomic E-state index is 13.7. The van der Waals surface area contributed by atoms with Crippen molar-refractivity contribution < 1.29 is 33.3 Å². The molecule has 11 heteroatoms. The molecule has 1 unspecified atom stereocenters. The third-order valence-electron chi connectivity index (χ3n) is 8.53. The van der Waals surface area contributed by atoms with Gasteiger partial charge in [0.15, 0.2) is 17.0 Å². The zero-order chi connectivity index (χ0) is 31.6. The van der Waals surface area contributed by atoms with Crippen LogP contribution in [0.2, 0.25) is 0 Å². The molecule has 0 saturated carbocycles. The number of aliphatic imine (C=N–C) groups is 1. The number of rotatable bonds is 3. The summed E-state index contributed by atoms with van der Waals surface area (Å²) >= 11 is 0. The average molecular weight is 615 g/mol. The lowest BCUT2D eigenvalue weighted by Crippen LogP contribution is -2.45. The Morgan fingerprint density at radius 2 is 1.59 bits per heavy atom. The van der Waals surface area contributed by atoms with Crippen LogP contribution < -0.4 is 5.73 Å². The van der Waals surface area contributed by atoms with Gasteiger partial charge >= 0.3 is 18.0 Å². The molecule has 1 aromatic heterocycles. The Kier molecular flexibility index (Phi) is 12.1. The molecule has 3 aliphatic heterocycles. The van der Waals surface area contributed by atoms with Crippen LogP contribution in [0.1, 0.15) is 116 Å². The largest absolute Gasteiger partial charge is 0.458 e. The fourth-order valence-electron chi connectivity index (χ4n) is 6.11. The van der Waals surface area contributed by atoms with Crippen LogP contribution in [0.15, 0.2) is 4.99 Å². The molecular formula is C33H47FN4O6. The monoisotopic (exact) mass is 614 g/mol. The minimum atomic E-state index is -1.48. The number of fused-ring (bicyclic) bond motifs is 2. The zero-order valence-electron chi connectivity index (χ0n) is 26.1. The van der Waals surface area contributed by atoms with Crippen molar-refractivity contribution in [2.24, 2.45) is 10.9 Å². The zero-order valence-corrected chi connectivity index (χ0v) is 26.1. The van der Waals surface area contributed by atoms with Crippen LogP contribution in [0.5, 0.6) is 0 Å². The summed E-state index contributed by atoms with van der Waals surface area (Å²) in [6.07, 6.45) is 12.5. The Morgan fingerprint density at radius 3 is 2.25 bits per heavy atom. The van der Waals surface area contributed by atoms with Gasteiger partial charge in [0.25, 0.3) is 0 Å². The lowest BCUT2D eigenvalue weighted by atomic mass is 9.92. The van der Waals surface area contributed by atoms with Gasteiger partial charge in [0.05, 0.1) is 18.4 Å². The van der Waals surface area contributed by atoms with Crippen LogP contribution in [0.3, 0.4) is 0 Å². The molecule has 1 saturated heterocycles. The number of nitrogens with zero attached hydrogens (tertiary/aromatic N) is 3. The number of aryl methyl sites for hydroxylation is 1. The predicted octanol–water partition coefficient (Wildman–Crippen LogP) is 5.30. The van der Waals surface area contributed by atoms with E-state index in [2.05, 4.69) is 26.8 Å². The molecule has 0 bridgehead atoms. The first kappa shape index (κ1) is 33.8. The van der Waals surface area contributed by atoms with Crippen LogP contribution in [0.25, 0.3) is 0 Å². The fourth-order valence-corrected chi connectivity index (χ4v) is 6.11. The first-order chi connectivity index (χ1) is 21.1. The minimum absolute atomic E-state index is 0.00500. The molecule has 1 aromatic rings. The topological polar surface area (TPSA) is 146 Å². The number of aromatic nitrogens is 2. The van der Waals surface area contributed by atoms with E-state index in [-0.39, 0.29) is 30.1 Å². The molecule has 4 heterocycles. The standard InChI is InChI=1S/C33H47FN4O6/c1-32(2)17-18-33(22-39)26(42-27(40)13-11-9-7-5-3-4-6-8-10-12-14-28(41)44-32)20-24(43-33)19-23-15-16-25-29(36-21-23)30(35)38-31(34)37-25/h21,23-24,26,39H,3-16,19-20,22H2,1-2H3,(H2,35,37,38)/t23?,24-,26-,33+/m0/s1. The van der Waals surface area contributed by atoms with Gasteiger partial charge in [0.1, 0.15) is 11.8 Å². The number of aliphatic hydroxyl groups is 1. The number of esters is 2. The van der Waals surface area contributed by atoms with Gasteiger partial charge in [-0.1, -0.05) is 63.2 Å². The summed E-state index contributed by atoms with van der Waals surface area (Å²) in [7, 11) is 0. The van der Waals surface area contributed by atoms with Crippen molar-refractivity contribution >= 4 is 29.7 Å². The van der Waals surface area contributed by atoms with Gasteiger partial charge in [-0.05, 0) is 51.9 Å². The van der Waals surface area contributed by atoms with Crippen LogP contribution in [0.4, 0.5) is 15.9 Å². The smallest absolute Gasteiger partial charge is 0.310 e. The molecule has 0 spiro atoms. The van der Waals surface area contributed by atoms with Crippen LogP contribution in [-0.4, -0.2) is 63.2 Å². The van der Waals surface area contributed by atoms with E-state index in [1.165, 1.54) is 12.8 Å². The molecule has 10 nitrogen and oxygen atoms in total. The predicted molar refractivity (Wildman–Crippen MR) is 164 cm³/mol. The lowest BCUT2D eigenvalue weighted by molar-refractivity contribution is -0.158. The third kappa shape index (κ3) is 9.70. The first-order valence-electron chi connectivity index (χ1n) is 16.2. The number of ether oxygens (including phenoxy) is 3. The highest BCUT2D eigenvalue weighted by atomic mass is 19.1. The minimum Gasteiger partial charge on any atom is -0.458 e. The average Bonchev–Trinajstić information content (AvgIpc) is 3.16. The van der Waals surface area contributed by atoms with E-state index < -0.39 is 36.1 Å². The Bertz CT molecular complexity index is 1240. The molecule has 0 aliphatic carbocycles. The second-order valence-corrected chi connectivity index (χ2v) is 12.8. The number of carbonyl (C=O) groups excluding carboxylic acids is 2. The first-order valence-corrected chi connectivity index (χ1v) is 16.2. The molecule has 0 aromatic carbocycles. The Morgan fingerprint density at radius 1 is 0.955 bits per heavy atom. The highest BCUT2D eigenvalue weighted by molar-refractivity contribution is 5.73. The number of aliphatic hydroxyl groups excluding tert-OH is 1.